The van der Waals surface area contributed by atoms with Gasteiger partial charge in [-0.3, -0.25) is 9.10 Å². The van der Waals surface area contributed by atoms with Crippen LogP contribution in [0.1, 0.15) is 22.3 Å². The van der Waals surface area contributed by atoms with Gasteiger partial charge in [0.1, 0.15) is 6.54 Å². The molecule has 0 aromatic heterocycles. The van der Waals surface area contributed by atoms with Gasteiger partial charge in [0.25, 0.3) is 10.0 Å². The summed E-state index contributed by atoms with van der Waals surface area (Å²) in [7, 11) is -4.39. The van der Waals surface area contributed by atoms with E-state index >= 15 is 0 Å². The smallest absolute Gasteiger partial charge is 0.332 e. The number of benzene rings is 4. The highest BCUT2D eigenvalue weighted by molar-refractivity contribution is 7.92. The Hall–Kier alpha value is -4.11. The van der Waals surface area contributed by atoms with Gasteiger partial charge < -0.3 is 4.90 Å². The summed E-state index contributed by atoms with van der Waals surface area (Å²) in [5.41, 5.74) is 1.20. The van der Waals surface area contributed by atoms with E-state index in [2.05, 4.69) is 0 Å². The number of hydrogen-bond donors (Lipinski definition) is 0. The van der Waals surface area contributed by atoms with Crippen molar-refractivity contribution in [3.63, 3.8) is 0 Å². The van der Waals surface area contributed by atoms with Gasteiger partial charge in [-0.25, -0.2) is 8.42 Å². The van der Waals surface area contributed by atoms with Gasteiger partial charge in [0.05, 0.1) is 16.1 Å². The van der Waals surface area contributed by atoms with Gasteiger partial charge >= 0.3 is 6.18 Å². The molecule has 0 spiro atoms. The molecule has 4 aromatic carbocycles. The molecule has 9 heteroatoms. The Labute approximate surface area is 226 Å². The maximum absolute atomic E-state index is 13.8. The van der Waals surface area contributed by atoms with Crippen LogP contribution in [0.25, 0.3) is 0 Å². The second-order valence-electron chi connectivity index (χ2n) is 9.09. The maximum atomic E-state index is 13.8. The van der Waals surface area contributed by atoms with Gasteiger partial charge in [-0.15, -0.1) is 0 Å². The number of carbonyl (C=O) groups is 1. The zero-order valence-electron chi connectivity index (χ0n) is 21.2. The first-order valence-electron chi connectivity index (χ1n) is 12.2. The Morgan fingerprint density at radius 2 is 1.28 bits per heavy atom. The minimum Gasteiger partial charge on any atom is -0.332 e. The van der Waals surface area contributed by atoms with E-state index in [1.54, 1.807) is 19.1 Å². The number of rotatable bonds is 9. The highest BCUT2D eigenvalue weighted by Gasteiger charge is 2.34. The normalized spacial score (nSPS) is 11.7. The van der Waals surface area contributed by atoms with Crippen LogP contribution < -0.4 is 4.31 Å². The molecule has 0 unspecified atom stereocenters. The Morgan fingerprint density at radius 3 is 1.79 bits per heavy atom. The molecule has 4 rings (SSSR count). The van der Waals surface area contributed by atoms with Gasteiger partial charge in [0, 0.05) is 13.1 Å². The molecule has 0 saturated heterocycles. The molecule has 5 nitrogen and oxygen atoms in total. The summed E-state index contributed by atoms with van der Waals surface area (Å²) >= 11 is 0. The number of sulfonamides is 1. The van der Waals surface area contributed by atoms with Crippen LogP contribution in [0.4, 0.5) is 18.9 Å². The van der Waals surface area contributed by atoms with Crippen LogP contribution in [0.3, 0.4) is 0 Å². The molecule has 39 heavy (non-hydrogen) atoms. The second kappa shape index (κ2) is 11.7. The third-order valence-corrected chi connectivity index (χ3v) is 7.92. The summed E-state index contributed by atoms with van der Waals surface area (Å²) in [6, 6.07) is 28.3. The van der Waals surface area contributed by atoms with Gasteiger partial charge in [-0.1, -0.05) is 84.4 Å². The lowest BCUT2D eigenvalue weighted by Crippen LogP contribution is -2.42. The number of hydrogen-bond acceptors (Lipinski definition) is 3. The van der Waals surface area contributed by atoms with Crippen molar-refractivity contribution in [1.82, 2.24) is 4.90 Å². The number of amides is 1. The molecule has 1 amide bonds. The summed E-state index contributed by atoms with van der Waals surface area (Å²) in [5, 5.41) is 0. The highest BCUT2D eigenvalue weighted by Crippen LogP contribution is 2.33. The average molecular weight is 553 g/mol. The van der Waals surface area contributed by atoms with E-state index in [1.807, 2.05) is 60.7 Å². The van der Waals surface area contributed by atoms with Crippen LogP contribution in [0.5, 0.6) is 0 Å². The van der Waals surface area contributed by atoms with Crippen molar-refractivity contribution in [2.75, 3.05) is 10.8 Å². The molecule has 0 saturated carbocycles. The third-order valence-electron chi connectivity index (χ3n) is 6.13. The summed E-state index contributed by atoms with van der Waals surface area (Å²) < 4.78 is 68.8. The van der Waals surface area contributed by atoms with Crippen LogP contribution >= 0.6 is 0 Å². The van der Waals surface area contributed by atoms with Crippen LogP contribution in [-0.4, -0.2) is 25.8 Å². The molecule has 4 aromatic rings. The van der Waals surface area contributed by atoms with Gasteiger partial charge in [-0.05, 0) is 48.4 Å². The van der Waals surface area contributed by atoms with Gasteiger partial charge in [0.15, 0.2) is 0 Å². The Kier molecular flexibility index (Phi) is 8.40. The fraction of sp³-hybridized carbons (Fsp3) is 0.167. The van der Waals surface area contributed by atoms with Crippen molar-refractivity contribution in [3.05, 3.63) is 131 Å². The van der Waals surface area contributed by atoms with E-state index in [0.29, 0.717) is 0 Å². The maximum Gasteiger partial charge on any atom is 0.416 e. The molecular formula is C30H27F3N2O3S. The minimum absolute atomic E-state index is 0.129. The average Bonchev–Trinajstić information content (AvgIpc) is 2.92. The third kappa shape index (κ3) is 7.06. The van der Waals surface area contributed by atoms with Crippen LogP contribution in [0, 0.1) is 6.92 Å². The zero-order valence-corrected chi connectivity index (χ0v) is 22.0. The quantitative estimate of drug-likeness (QED) is 0.240. The first-order valence-corrected chi connectivity index (χ1v) is 13.6. The highest BCUT2D eigenvalue weighted by atomic mass is 32.2. The molecule has 0 heterocycles. The fourth-order valence-electron chi connectivity index (χ4n) is 4.05. The lowest BCUT2D eigenvalue weighted by Gasteiger charge is -2.29. The molecule has 202 valence electrons. The monoisotopic (exact) mass is 552 g/mol. The topological polar surface area (TPSA) is 57.7 Å². The van der Waals surface area contributed by atoms with Crippen molar-refractivity contribution in [2.45, 2.75) is 31.1 Å². The molecule has 0 fully saturated rings. The van der Waals surface area contributed by atoms with Crippen LogP contribution in [-0.2, 0) is 34.1 Å². The Bertz CT molecular complexity index is 1470. The molecule has 0 bridgehead atoms. The standard InChI is InChI=1S/C30H27F3N2O3S/c1-23-15-17-28(18-16-23)39(37,38)35(27-14-8-13-26(19-27)30(31,32)33)22-29(36)34(20-24-9-4-2-5-10-24)21-25-11-6-3-7-12-25/h2-19H,20-22H2,1H3. The zero-order chi connectivity index (χ0) is 28.0. The first-order chi connectivity index (χ1) is 18.5. The van der Waals surface area contributed by atoms with Crippen molar-refractivity contribution in [1.29, 1.82) is 0 Å². The molecule has 0 aliphatic heterocycles. The molecule has 0 radical (unpaired) electrons. The predicted octanol–water partition coefficient (Wildman–Crippen LogP) is 6.44. The van der Waals surface area contributed by atoms with E-state index in [1.165, 1.54) is 23.1 Å². The number of halogens is 3. The molecular weight excluding hydrogens is 525 g/mol. The number of aryl methyl sites for hydroxylation is 1. The lowest BCUT2D eigenvalue weighted by atomic mass is 10.1. The molecule has 0 atom stereocenters. The predicted molar refractivity (Wildman–Crippen MR) is 144 cm³/mol. The SMILES string of the molecule is Cc1ccc(S(=O)(=O)N(CC(=O)N(Cc2ccccc2)Cc2ccccc2)c2cccc(C(F)(F)F)c2)cc1. The number of alkyl halides is 3. The molecule has 0 aliphatic rings. The second-order valence-corrected chi connectivity index (χ2v) is 11.0. The number of carbonyl (C=O) groups excluding carboxylic acids is 1. The van der Waals surface area contributed by atoms with Crippen LogP contribution in [0.15, 0.2) is 114 Å². The van der Waals surface area contributed by atoms with E-state index in [0.717, 1.165) is 39.2 Å². The summed E-state index contributed by atoms with van der Waals surface area (Å²) in [6.45, 7) is 1.48. The van der Waals surface area contributed by atoms with Gasteiger partial charge in [0.2, 0.25) is 5.91 Å². The minimum atomic E-state index is -4.69. The summed E-state index contributed by atoms with van der Waals surface area (Å²) in [4.78, 5) is 15.1. The number of nitrogens with zero attached hydrogens (tertiary/aromatic N) is 2. The van der Waals surface area contributed by atoms with E-state index in [9.17, 15) is 26.4 Å². The van der Waals surface area contributed by atoms with E-state index < -0.39 is 34.2 Å². The van der Waals surface area contributed by atoms with Crippen molar-refractivity contribution in [2.24, 2.45) is 0 Å². The van der Waals surface area contributed by atoms with Crippen molar-refractivity contribution >= 4 is 21.6 Å². The fourth-order valence-corrected chi connectivity index (χ4v) is 5.46. The lowest BCUT2D eigenvalue weighted by molar-refractivity contribution is -0.137. The van der Waals surface area contributed by atoms with Crippen LogP contribution in [0.2, 0.25) is 0 Å². The number of anilines is 1. The van der Waals surface area contributed by atoms with E-state index in [4.69, 9.17) is 0 Å². The van der Waals surface area contributed by atoms with Crippen molar-refractivity contribution in [3.8, 4) is 0 Å². The Balaban J connectivity index is 1.74. The summed E-state index contributed by atoms with van der Waals surface area (Å²) in [5.74, 6) is -0.559. The molecule has 0 N–H and O–H groups in total. The van der Waals surface area contributed by atoms with Crippen molar-refractivity contribution < 1.29 is 26.4 Å². The molecule has 0 aliphatic carbocycles. The van der Waals surface area contributed by atoms with E-state index in [-0.39, 0.29) is 23.7 Å². The largest absolute Gasteiger partial charge is 0.416 e. The van der Waals surface area contributed by atoms with Gasteiger partial charge in [-0.2, -0.15) is 13.2 Å². The summed E-state index contributed by atoms with van der Waals surface area (Å²) in [6.07, 6.45) is -4.69. The first kappa shape index (κ1) is 27.9. The Morgan fingerprint density at radius 1 is 0.744 bits per heavy atom.